The summed E-state index contributed by atoms with van der Waals surface area (Å²) in [6.07, 6.45) is 0. The average Bonchev–Trinajstić information content (AvgIpc) is 3.45. The number of thiazole rings is 1. The van der Waals surface area contributed by atoms with Crippen LogP contribution < -0.4 is 9.04 Å². The summed E-state index contributed by atoms with van der Waals surface area (Å²) in [5, 5.41) is 4.51. The normalized spacial score (nSPS) is 11.3. The maximum atomic E-state index is 13.4. The number of benzene rings is 2. The van der Waals surface area contributed by atoms with Gasteiger partial charge in [-0.05, 0) is 23.6 Å². The van der Waals surface area contributed by atoms with Crippen LogP contribution in [0, 0.1) is 0 Å². The second-order valence-electron chi connectivity index (χ2n) is 6.13. The Hall–Kier alpha value is -2.68. The molecule has 2 aromatic heterocycles. The first-order valence-electron chi connectivity index (χ1n) is 8.78. The van der Waals surface area contributed by atoms with E-state index in [4.69, 9.17) is 4.74 Å². The van der Waals surface area contributed by atoms with Crippen LogP contribution in [0.1, 0.15) is 5.69 Å². The summed E-state index contributed by atoms with van der Waals surface area (Å²) >= 11 is 2.69. The lowest BCUT2D eigenvalue weighted by molar-refractivity contribution is 0.415. The topological polar surface area (TPSA) is 59.5 Å². The van der Waals surface area contributed by atoms with Crippen LogP contribution in [-0.2, 0) is 16.6 Å². The molecule has 2 heterocycles. The summed E-state index contributed by atoms with van der Waals surface area (Å²) in [5.74, 6) is 0.492. The summed E-state index contributed by atoms with van der Waals surface area (Å²) < 4.78 is 33.9. The molecule has 0 fully saturated rings. The van der Waals surface area contributed by atoms with E-state index in [-0.39, 0.29) is 10.8 Å². The van der Waals surface area contributed by atoms with Crippen molar-refractivity contribution in [2.24, 2.45) is 0 Å². The van der Waals surface area contributed by atoms with Gasteiger partial charge in [0.2, 0.25) is 0 Å². The van der Waals surface area contributed by atoms with Gasteiger partial charge in [-0.2, -0.15) is 0 Å². The number of methoxy groups -OCH3 is 1. The minimum Gasteiger partial charge on any atom is -0.495 e. The lowest BCUT2D eigenvalue weighted by atomic mass is 10.2. The lowest BCUT2D eigenvalue weighted by Gasteiger charge is -2.24. The number of hydrogen-bond acceptors (Lipinski definition) is 6. The first-order valence-corrected chi connectivity index (χ1v) is 12.0. The molecule has 0 aliphatic carbocycles. The van der Waals surface area contributed by atoms with Crippen molar-refractivity contribution in [1.29, 1.82) is 0 Å². The fourth-order valence-corrected chi connectivity index (χ4v) is 6.26. The Balaban J connectivity index is 1.75. The molecule has 5 nitrogen and oxygen atoms in total. The van der Waals surface area contributed by atoms with Crippen LogP contribution in [0.3, 0.4) is 0 Å². The summed E-state index contributed by atoms with van der Waals surface area (Å²) in [6, 6.07) is 20.3. The summed E-state index contributed by atoms with van der Waals surface area (Å²) in [6.45, 7) is 0.115. The van der Waals surface area contributed by atoms with Crippen molar-refractivity contribution in [3.05, 3.63) is 83.2 Å². The van der Waals surface area contributed by atoms with Crippen molar-refractivity contribution in [2.45, 2.75) is 10.8 Å². The van der Waals surface area contributed by atoms with Crippen molar-refractivity contribution >= 4 is 38.4 Å². The van der Waals surface area contributed by atoms with Gasteiger partial charge in [0.1, 0.15) is 15.0 Å². The molecule has 0 aliphatic heterocycles. The van der Waals surface area contributed by atoms with Gasteiger partial charge < -0.3 is 4.74 Å². The van der Waals surface area contributed by atoms with Crippen LogP contribution >= 0.6 is 22.7 Å². The smallest absolute Gasteiger partial charge is 0.274 e. The van der Waals surface area contributed by atoms with Crippen molar-refractivity contribution in [3.8, 4) is 16.3 Å². The molecule has 0 amide bonds. The summed E-state index contributed by atoms with van der Waals surface area (Å²) in [5.41, 5.74) is 2.17. The van der Waals surface area contributed by atoms with E-state index in [1.54, 1.807) is 35.7 Å². The number of anilines is 1. The number of aromatic nitrogens is 1. The third kappa shape index (κ3) is 4.05. The first-order chi connectivity index (χ1) is 14.1. The van der Waals surface area contributed by atoms with Crippen LogP contribution in [0.5, 0.6) is 5.75 Å². The Bertz CT molecular complexity index is 1190. The van der Waals surface area contributed by atoms with Crippen LogP contribution in [0.25, 0.3) is 10.6 Å². The molecule has 8 heteroatoms. The highest BCUT2D eigenvalue weighted by atomic mass is 32.2. The van der Waals surface area contributed by atoms with Crippen LogP contribution in [0.4, 0.5) is 5.69 Å². The monoisotopic (exact) mass is 442 g/mol. The fourth-order valence-electron chi connectivity index (χ4n) is 2.89. The molecule has 4 aromatic rings. The second kappa shape index (κ2) is 8.36. The van der Waals surface area contributed by atoms with Gasteiger partial charge in [-0.15, -0.1) is 22.7 Å². The number of thiophene rings is 1. The van der Waals surface area contributed by atoms with E-state index >= 15 is 0 Å². The number of ether oxygens (including phenoxy) is 1. The Morgan fingerprint density at radius 3 is 2.45 bits per heavy atom. The molecule has 2 aromatic carbocycles. The van der Waals surface area contributed by atoms with Gasteiger partial charge in [-0.25, -0.2) is 13.4 Å². The van der Waals surface area contributed by atoms with E-state index < -0.39 is 10.0 Å². The highest BCUT2D eigenvalue weighted by Gasteiger charge is 2.29. The van der Waals surface area contributed by atoms with E-state index in [9.17, 15) is 8.42 Å². The molecule has 29 heavy (non-hydrogen) atoms. The number of rotatable bonds is 7. The Kier molecular flexibility index (Phi) is 5.66. The molecular formula is C21H18N2O3S3. The van der Waals surface area contributed by atoms with E-state index in [1.165, 1.54) is 34.1 Å². The lowest BCUT2D eigenvalue weighted by Crippen LogP contribution is -2.30. The van der Waals surface area contributed by atoms with Crippen molar-refractivity contribution in [3.63, 3.8) is 0 Å². The summed E-state index contributed by atoms with van der Waals surface area (Å²) in [7, 11) is -2.23. The zero-order valence-electron chi connectivity index (χ0n) is 15.6. The van der Waals surface area contributed by atoms with Crippen molar-refractivity contribution < 1.29 is 13.2 Å². The van der Waals surface area contributed by atoms with E-state index in [0.29, 0.717) is 17.1 Å². The second-order valence-corrected chi connectivity index (χ2v) is 10.0. The Labute approximate surface area is 177 Å². The third-order valence-corrected chi connectivity index (χ3v) is 8.34. The SMILES string of the molecule is COc1ccccc1N(Cc1csc(-c2ccccc2)n1)S(=O)(=O)c1cccs1. The molecule has 4 rings (SSSR count). The van der Waals surface area contributed by atoms with Gasteiger partial charge in [-0.3, -0.25) is 4.31 Å². The zero-order chi connectivity index (χ0) is 20.3. The summed E-state index contributed by atoms with van der Waals surface area (Å²) in [4.78, 5) is 4.67. The molecule has 0 spiro atoms. The number of para-hydroxylation sites is 2. The fraction of sp³-hybridized carbons (Fsp3) is 0.0952. The molecule has 0 radical (unpaired) electrons. The molecular weight excluding hydrogens is 424 g/mol. The number of sulfonamides is 1. The molecule has 148 valence electrons. The zero-order valence-corrected chi connectivity index (χ0v) is 18.0. The van der Waals surface area contributed by atoms with Crippen molar-refractivity contribution in [2.75, 3.05) is 11.4 Å². The van der Waals surface area contributed by atoms with Crippen molar-refractivity contribution in [1.82, 2.24) is 4.98 Å². The molecule has 0 unspecified atom stereocenters. The standard InChI is InChI=1S/C21H18N2O3S3/c1-26-19-11-6-5-10-18(19)23(29(24,25)20-12-7-13-27-20)14-17-15-28-21(22-17)16-8-3-2-4-9-16/h2-13,15H,14H2,1H3. The number of nitrogens with zero attached hydrogens (tertiary/aromatic N) is 2. The minimum atomic E-state index is -3.76. The average molecular weight is 443 g/mol. The van der Waals surface area contributed by atoms with E-state index in [1.807, 2.05) is 41.8 Å². The maximum absolute atomic E-state index is 13.4. The van der Waals surface area contributed by atoms with Gasteiger partial charge in [0.15, 0.2) is 0 Å². The predicted octanol–water partition coefficient (Wildman–Crippen LogP) is 5.28. The van der Waals surface area contributed by atoms with E-state index in [0.717, 1.165) is 10.6 Å². The Morgan fingerprint density at radius 1 is 0.966 bits per heavy atom. The third-order valence-electron chi connectivity index (χ3n) is 4.27. The highest BCUT2D eigenvalue weighted by Crippen LogP contribution is 2.35. The molecule has 0 atom stereocenters. The number of hydrogen-bond donors (Lipinski definition) is 0. The molecule has 0 saturated carbocycles. The van der Waals surface area contributed by atoms with Crippen LogP contribution in [0.2, 0.25) is 0 Å². The minimum absolute atomic E-state index is 0.115. The van der Waals surface area contributed by atoms with Gasteiger partial charge in [0.05, 0.1) is 25.0 Å². The molecule has 0 N–H and O–H groups in total. The van der Waals surface area contributed by atoms with E-state index in [2.05, 4.69) is 4.98 Å². The van der Waals surface area contributed by atoms with Crippen LogP contribution in [-0.4, -0.2) is 20.5 Å². The van der Waals surface area contributed by atoms with Gasteiger partial charge in [0, 0.05) is 10.9 Å². The van der Waals surface area contributed by atoms with Gasteiger partial charge >= 0.3 is 0 Å². The molecule has 0 aliphatic rings. The van der Waals surface area contributed by atoms with Gasteiger partial charge in [0.25, 0.3) is 10.0 Å². The van der Waals surface area contributed by atoms with Gasteiger partial charge in [-0.1, -0.05) is 48.5 Å². The Morgan fingerprint density at radius 2 is 1.72 bits per heavy atom. The highest BCUT2D eigenvalue weighted by molar-refractivity contribution is 7.94. The maximum Gasteiger partial charge on any atom is 0.274 e. The first kappa shape index (κ1) is 19.6. The predicted molar refractivity (Wildman–Crippen MR) is 118 cm³/mol. The molecule has 0 bridgehead atoms. The quantitative estimate of drug-likeness (QED) is 0.391. The van der Waals surface area contributed by atoms with Crippen LogP contribution in [0.15, 0.2) is 81.7 Å². The largest absolute Gasteiger partial charge is 0.495 e. The molecule has 0 saturated heterocycles.